The number of aromatic nitrogens is 2. The van der Waals surface area contributed by atoms with Gasteiger partial charge in [0.25, 0.3) is 6.01 Å². The molecule has 16 heteroatoms. The number of fused-ring (bicyclic) bond motifs is 3. The number of hydrogen-bond donors (Lipinski definition) is 2. The van der Waals surface area contributed by atoms with Crippen molar-refractivity contribution >= 4 is 50.7 Å². The number of Topliss-reactive ketones (excluding diaryl/α,β-unsaturated/α-hetero) is 2. The number of para-hydroxylation sites is 1. The quantitative estimate of drug-likeness (QED) is 0.238. The van der Waals surface area contributed by atoms with Crippen LogP contribution in [0.2, 0.25) is 0 Å². The molecule has 2 N–H and O–H groups in total. The van der Waals surface area contributed by atoms with Crippen LogP contribution in [-0.4, -0.2) is 101 Å². The lowest BCUT2D eigenvalue weighted by atomic mass is 9.91. The Kier molecular flexibility index (Phi) is 13.0. The molecule has 2 fully saturated rings. The number of carbonyl (C=O) groups excluding carboxylic acids is 5. The summed E-state index contributed by atoms with van der Waals surface area (Å²) < 4.78 is 42.5. The first-order valence-corrected chi connectivity index (χ1v) is 21.2. The van der Waals surface area contributed by atoms with Gasteiger partial charge in [-0.15, -0.1) is 0 Å². The molecular formula is C40H58N6O9S. The van der Waals surface area contributed by atoms with Gasteiger partial charge in [0.2, 0.25) is 11.8 Å². The minimum atomic E-state index is -4.15. The number of imidazole rings is 1. The first kappa shape index (κ1) is 42.8. The van der Waals surface area contributed by atoms with Crippen LogP contribution in [0, 0.1) is 11.3 Å². The van der Waals surface area contributed by atoms with Crippen LogP contribution in [0.15, 0.2) is 30.4 Å². The summed E-state index contributed by atoms with van der Waals surface area (Å²) in [6.45, 7) is 11.0. The summed E-state index contributed by atoms with van der Waals surface area (Å²) in [5, 5.41) is 2.76. The number of rotatable bonds is 10. The summed E-state index contributed by atoms with van der Waals surface area (Å²) in [5.41, 5.74) is -0.437. The summed E-state index contributed by atoms with van der Waals surface area (Å²) in [4.78, 5) is 75.3. The van der Waals surface area contributed by atoms with E-state index in [1.807, 2.05) is 49.6 Å². The Bertz CT molecular complexity index is 1970. The van der Waals surface area contributed by atoms with Crippen molar-refractivity contribution in [2.45, 2.75) is 136 Å². The largest absolute Gasteiger partial charge is 0.459 e. The first-order valence-electron chi connectivity index (χ1n) is 19.7. The number of alkyl carbamates (subject to hydrolysis) is 1. The Morgan fingerprint density at radius 1 is 1.11 bits per heavy atom. The number of ketones is 2. The Morgan fingerprint density at radius 3 is 2.50 bits per heavy atom. The molecule has 2 aliphatic heterocycles. The smallest absolute Gasteiger partial charge is 0.408 e. The fraction of sp³-hybridized carbons (Fsp3) is 0.650. The van der Waals surface area contributed by atoms with Crippen molar-refractivity contribution in [3.63, 3.8) is 0 Å². The Morgan fingerprint density at radius 2 is 1.84 bits per heavy atom. The molecule has 5 rings (SSSR count). The van der Waals surface area contributed by atoms with Crippen LogP contribution in [0.1, 0.15) is 122 Å². The highest BCUT2D eigenvalue weighted by molar-refractivity contribution is 7.87. The minimum Gasteiger partial charge on any atom is -0.459 e. The van der Waals surface area contributed by atoms with Crippen molar-refractivity contribution in [3.8, 4) is 6.01 Å². The molecule has 3 heterocycles. The van der Waals surface area contributed by atoms with Crippen LogP contribution >= 0.6 is 0 Å². The van der Waals surface area contributed by atoms with Crippen LogP contribution in [0.3, 0.4) is 0 Å². The van der Waals surface area contributed by atoms with Gasteiger partial charge in [-0.1, -0.05) is 38.0 Å². The van der Waals surface area contributed by atoms with Gasteiger partial charge >= 0.3 is 16.3 Å². The third kappa shape index (κ3) is 9.61. The predicted octanol–water partition coefficient (Wildman–Crippen LogP) is 5.25. The van der Waals surface area contributed by atoms with Crippen molar-refractivity contribution in [3.05, 3.63) is 35.9 Å². The van der Waals surface area contributed by atoms with E-state index in [0.717, 1.165) is 17.1 Å². The first-order chi connectivity index (χ1) is 26.3. The number of ether oxygens (including phenoxy) is 2. The highest BCUT2D eigenvalue weighted by atomic mass is 32.2. The van der Waals surface area contributed by atoms with Gasteiger partial charge in [-0.3, -0.25) is 23.7 Å². The van der Waals surface area contributed by atoms with E-state index in [-0.39, 0.29) is 49.6 Å². The molecule has 1 saturated carbocycles. The van der Waals surface area contributed by atoms with E-state index in [0.29, 0.717) is 48.7 Å². The summed E-state index contributed by atoms with van der Waals surface area (Å²) in [7, 11) is -1.53. The number of nitrogens with zero attached hydrogens (tertiary/aromatic N) is 4. The van der Waals surface area contributed by atoms with E-state index >= 15 is 0 Å². The second-order valence-electron chi connectivity index (χ2n) is 16.8. The molecule has 2 aromatic rings. The van der Waals surface area contributed by atoms with Gasteiger partial charge in [-0.2, -0.15) is 17.7 Å². The van der Waals surface area contributed by atoms with Crippen molar-refractivity contribution in [2.75, 3.05) is 20.6 Å². The maximum Gasteiger partial charge on any atom is 0.408 e. The second-order valence-corrected chi connectivity index (χ2v) is 18.7. The number of allylic oxidation sites excluding steroid dienone is 2. The Labute approximate surface area is 330 Å². The molecule has 1 aliphatic carbocycles. The SMILES string of the molecule is CCCC(=O)c1cccc2c1nc(O[C@@H]1C[C@H]3C(=O)C[C@]4(C(=O)NS(=O)(=O)N(C)C)C[C@@H]4/C=C\CCCCC[C@H](NC(=O)OC(C)(C)C)C(=O)N3C1)n2C(C)C. The summed E-state index contributed by atoms with van der Waals surface area (Å²) in [6.07, 6.45) is 6.57. The second kappa shape index (κ2) is 17.0. The maximum atomic E-state index is 14.6. The van der Waals surface area contributed by atoms with E-state index in [4.69, 9.17) is 14.5 Å². The molecule has 5 atom stereocenters. The Hall–Kier alpha value is -4.31. The third-order valence-electron chi connectivity index (χ3n) is 10.7. The van der Waals surface area contributed by atoms with E-state index in [1.165, 1.54) is 19.0 Å². The Balaban J connectivity index is 1.52. The van der Waals surface area contributed by atoms with Crippen LogP contribution < -0.4 is 14.8 Å². The molecule has 0 bridgehead atoms. The van der Waals surface area contributed by atoms with E-state index in [9.17, 15) is 32.4 Å². The van der Waals surface area contributed by atoms with Gasteiger partial charge < -0.3 is 19.7 Å². The van der Waals surface area contributed by atoms with Crippen LogP contribution in [0.4, 0.5) is 4.79 Å². The van der Waals surface area contributed by atoms with Crippen LogP contribution in [0.5, 0.6) is 6.01 Å². The van der Waals surface area contributed by atoms with Gasteiger partial charge in [0.15, 0.2) is 11.6 Å². The zero-order valence-corrected chi connectivity index (χ0v) is 34.7. The third-order valence-corrected chi connectivity index (χ3v) is 12.1. The number of hydrogen-bond acceptors (Lipinski definition) is 10. The maximum absolute atomic E-state index is 14.6. The molecule has 0 spiro atoms. The standard InChI is InChI=1S/C40H58N6O9S/c1-9-16-32(47)28-18-15-20-30-34(28)42-37(46(30)25(2)3)54-27-21-31-33(48)23-40(36(50)43-56(52,53)44(7)8)22-26(40)17-13-11-10-12-14-19-29(35(49)45(31)24-27)41-38(51)55-39(4,5)6/h13,15,17-18,20,25-27,29,31H,9-12,14,16,19,21-24H2,1-8H3,(H,41,51)(H,43,50)/b17-13-/t26-,27+,29-,31-,40+/m0/s1. The molecule has 56 heavy (non-hydrogen) atoms. The molecular weight excluding hydrogens is 741 g/mol. The average molecular weight is 799 g/mol. The molecule has 3 aliphatic rings. The summed E-state index contributed by atoms with van der Waals surface area (Å²) >= 11 is 0. The normalized spacial score (nSPS) is 25.6. The van der Waals surface area contributed by atoms with Crippen molar-refractivity contribution in [2.24, 2.45) is 11.3 Å². The highest BCUT2D eigenvalue weighted by Crippen LogP contribution is 2.57. The lowest BCUT2D eigenvalue weighted by Crippen LogP contribution is -2.53. The predicted molar refractivity (Wildman–Crippen MR) is 210 cm³/mol. The highest BCUT2D eigenvalue weighted by Gasteiger charge is 2.61. The van der Waals surface area contributed by atoms with Gasteiger partial charge in [0, 0.05) is 45.0 Å². The molecule has 0 radical (unpaired) electrons. The molecule has 15 nitrogen and oxygen atoms in total. The number of carbonyl (C=O) groups is 5. The summed E-state index contributed by atoms with van der Waals surface area (Å²) in [6, 6.07) is 3.48. The molecule has 3 amide bonds. The van der Waals surface area contributed by atoms with E-state index in [2.05, 4.69) is 10.0 Å². The molecule has 1 saturated heterocycles. The zero-order valence-electron chi connectivity index (χ0n) is 33.9. The van der Waals surface area contributed by atoms with Gasteiger partial charge in [0.05, 0.1) is 23.5 Å². The van der Waals surface area contributed by atoms with E-state index in [1.54, 1.807) is 26.8 Å². The fourth-order valence-corrected chi connectivity index (χ4v) is 8.29. The van der Waals surface area contributed by atoms with Gasteiger partial charge in [-0.25, -0.2) is 9.52 Å². The zero-order chi connectivity index (χ0) is 41.2. The number of benzene rings is 1. The van der Waals surface area contributed by atoms with E-state index < -0.39 is 63.1 Å². The van der Waals surface area contributed by atoms with Crippen LogP contribution in [0.25, 0.3) is 11.0 Å². The monoisotopic (exact) mass is 798 g/mol. The molecule has 1 aromatic heterocycles. The molecule has 1 aromatic carbocycles. The van der Waals surface area contributed by atoms with Gasteiger partial charge in [-0.05, 0) is 84.8 Å². The summed E-state index contributed by atoms with van der Waals surface area (Å²) in [5.74, 6) is -2.09. The lowest BCUT2D eigenvalue weighted by Gasteiger charge is -2.30. The molecule has 0 unspecified atom stereocenters. The van der Waals surface area contributed by atoms with Crippen molar-refractivity contribution < 1.29 is 41.9 Å². The number of amides is 3. The average Bonchev–Trinajstić information content (AvgIpc) is 3.42. The molecule has 308 valence electrons. The van der Waals surface area contributed by atoms with Gasteiger partial charge in [0.1, 0.15) is 23.3 Å². The minimum absolute atomic E-state index is 0.0256. The number of nitrogens with one attached hydrogen (secondary N) is 2. The lowest BCUT2D eigenvalue weighted by molar-refractivity contribution is -0.140. The topological polar surface area (TPSA) is 186 Å². The fourth-order valence-electron chi connectivity index (χ4n) is 7.67. The van der Waals surface area contributed by atoms with Crippen LogP contribution in [-0.2, 0) is 29.3 Å². The van der Waals surface area contributed by atoms with Crippen molar-refractivity contribution in [1.82, 2.24) is 28.8 Å². The van der Waals surface area contributed by atoms with Crippen molar-refractivity contribution in [1.29, 1.82) is 0 Å².